The summed E-state index contributed by atoms with van der Waals surface area (Å²) in [7, 11) is 1.64. The lowest BCUT2D eigenvalue weighted by molar-refractivity contribution is -0.121. The molecule has 4 nitrogen and oxygen atoms in total. The van der Waals surface area contributed by atoms with E-state index in [2.05, 4.69) is 10.6 Å². The Morgan fingerprint density at radius 2 is 2.37 bits per heavy atom. The molecule has 1 aliphatic rings. The van der Waals surface area contributed by atoms with Gasteiger partial charge in [0.2, 0.25) is 5.91 Å². The molecule has 0 spiro atoms. The van der Waals surface area contributed by atoms with Crippen molar-refractivity contribution >= 4 is 18.3 Å². The Kier molecular flexibility index (Phi) is 6.67. The Hall–Kier alpha value is -1.26. The van der Waals surface area contributed by atoms with E-state index in [9.17, 15) is 4.79 Å². The van der Waals surface area contributed by atoms with E-state index in [4.69, 9.17) is 4.74 Å². The molecule has 106 valence electrons. The lowest BCUT2D eigenvalue weighted by atomic mass is 10.1. The van der Waals surface area contributed by atoms with Crippen LogP contribution in [0.4, 0.5) is 0 Å². The van der Waals surface area contributed by atoms with E-state index < -0.39 is 0 Å². The van der Waals surface area contributed by atoms with Crippen LogP contribution in [0.5, 0.6) is 5.75 Å². The minimum absolute atomic E-state index is 0. The molecule has 2 rings (SSSR count). The Labute approximate surface area is 120 Å². The lowest BCUT2D eigenvalue weighted by Gasteiger charge is -2.10. The van der Waals surface area contributed by atoms with Crippen molar-refractivity contribution in [2.75, 3.05) is 13.7 Å². The van der Waals surface area contributed by atoms with E-state index in [1.165, 1.54) is 6.42 Å². The number of rotatable bonds is 5. The SMILES string of the molecule is COc1cccc(CNC(=O)CC2CCCN2)c1.Cl. The van der Waals surface area contributed by atoms with Gasteiger partial charge in [0.05, 0.1) is 7.11 Å². The highest BCUT2D eigenvalue weighted by Crippen LogP contribution is 2.12. The summed E-state index contributed by atoms with van der Waals surface area (Å²) in [6.45, 7) is 1.59. The van der Waals surface area contributed by atoms with Crippen molar-refractivity contribution in [3.05, 3.63) is 29.8 Å². The van der Waals surface area contributed by atoms with Gasteiger partial charge < -0.3 is 15.4 Å². The molecule has 0 aliphatic carbocycles. The monoisotopic (exact) mass is 284 g/mol. The summed E-state index contributed by atoms with van der Waals surface area (Å²) in [6, 6.07) is 8.10. The van der Waals surface area contributed by atoms with Crippen molar-refractivity contribution in [2.45, 2.75) is 31.8 Å². The van der Waals surface area contributed by atoms with E-state index in [-0.39, 0.29) is 18.3 Å². The van der Waals surface area contributed by atoms with Crippen LogP contribution in [-0.4, -0.2) is 25.6 Å². The first-order valence-electron chi connectivity index (χ1n) is 6.41. The predicted octanol–water partition coefficient (Wildman–Crippen LogP) is 1.88. The first kappa shape index (κ1) is 15.8. The largest absolute Gasteiger partial charge is 0.497 e. The van der Waals surface area contributed by atoms with Crippen molar-refractivity contribution in [3.63, 3.8) is 0 Å². The van der Waals surface area contributed by atoms with Gasteiger partial charge in [-0.2, -0.15) is 0 Å². The molecule has 1 heterocycles. The average Bonchev–Trinajstić information content (AvgIpc) is 2.89. The van der Waals surface area contributed by atoms with Crippen molar-refractivity contribution in [1.82, 2.24) is 10.6 Å². The van der Waals surface area contributed by atoms with Crippen LogP contribution < -0.4 is 15.4 Å². The fourth-order valence-electron chi connectivity index (χ4n) is 2.21. The zero-order valence-electron chi connectivity index (χ0n) is 11.1. The molecule has 19 heavy (non-hydrogen) atoms. The molecule has 2 N–H and O–H groups in total. The predicted molar refractivity (Wildman–Crippen MR) is 77.7 cm³/mol. The molecule has 1 unspecified atom stereocenters. The summed E-state index contributed by atoms with van der Waals surface area (Å²) in [5, 5.41) is 6.27. The maximum absolute atomic E-state index is 11.7. The van der Waals surface area contributed by atoms with Gasteiger partial charge in [-0.1, -0.05) is 12.1 Å². The third kappa shape index (κ3) is 5.09. The number of nitrogens with one attached hydrogen (secondary N) is 2. The maximum atomic E-state index is 11.7. The molecule has 1 saturated heterocycles. The minimum atomic E-state index is 0. The van der Waals surface area contributed by atoms with Gasteiger partial charge in [-0.25, -0.2) is 0 Å². The quantitative estimate of drug-likeness (QED) is 0.868. The number of hydrogen-bond donors (Lipinski definition) is 2. The zero-order valence-corrected chi connectivity index (χ0v) is 12.0. The fourth-order valence-corrected chi connectivity index (χ4v) is 2.21. The van der Waals surface area contributed by atoms with Crippen molar-refractivity contribution in [1.29, 1.82) is 0 Å². The number of carbonyl (C=O) groups is 1. The third-order valence-electron chi connectivity index (χ3n) is 3.22. The summed E-state index contributed by atoms with van der Waals surface area (Å²) < 4.78 is 5.15. The molecule has 1 fully saturated rings. The minimum Gasteiger partial charge on any atom is -0.497 e. The van der Waals surface area contributed by atoms with E-state index in [1.807, 2.05) is 24.3 Å². The van der Waals surface area contributed by atoms with Crippen molar-refractivity contribution < 1.29 is 9.53 Å². The zero-order chi connectivity index (χ0) is 12.8. The summed E-state index contributed by atoms with van der Waals surface area (Å²) >= 11 is 0. The molecule has 5 heteroatoms. The van der Waals surface area contributed by atoms with Gasteiger partial charge in [-0.15, -0.1) is 12.4 Å². The van der Waals surface area contributed by atoms with E-state index in [0.29, 0.717) is 19.0 Å². The Morgan fingerprint density at radius 3 is 3.05 bits per heavy atom. The molecule has 1 aromatic rings. The molecular formula is C14H21ClN2O2. The normalized spacial score (nSPS) is 17.6. The molecule has 1 aliphatic heterocycles. The first-order chi connectivity index (χ1) is 8.78. The van der Waals surface area contributed by atoms with Crippen LogP contribution in [0.3, 0.4) is 0 Å². The van der Waals surface area contributed by atoms with Gasteiger partial charge in [-0.05, 0) is 37.1 Å². The van der Waals surface area contributed by atoms with Crippen LogP contribution in [0.1, 0.15) is 24.8 Å². The van der Waals surface area contributed by atoms with Gasteiger partial charge in [0, 0.05) is 19.0 Å². The van der Waals surface area contributed by atoms with Crippen LogP contribution in [0.25, 0.3) is 0 Å². The van der Waals surface area contributed by atoms with Gasteiger partial charge in [0.25, 0.3) is 0 Å². The number of amides is 1. The van der Waals surface area contributed by atoms with E-state index in [0.717, 1.165) is 24.3 Å². The van der Waals surface area contributed by atoms with Gasteiger partial charge in [0.1, 0.15) is 5.75 Å². The average molecular weight is 285 g/mol. The number of methoxy groups -OCH3 is 1. The molecule has 1 atom stereocenters. The highest BCUT2D eigenvalue weighted by atomic mass is 35.5. The first-order valence-corrected chi connectivity index (χ1v) is 6.41. The van der Waals surface area contributed by atoms with Crippen LogP contribution in [0.2, 0.25) is 0 Å². The molecular weight excluding hydrogens is 264 g/mol. The molecule has 0 aromatic heterocycles. The molecule has 1 amide bonds. The molecule has 0 bridgehead atoms. The van der Waals surface area contributed by atoms with Crippen LogP contribution in [-0.2, 0) is 11.3 Å². The van der Waals surface area contributed by atoms with Crippen LogP contribution in [0, 0.1) is 0 Å². The smallest absolute Gasteiger partial charge is 0.221 e. The van der Waals surface area contributed by atoms with Crippen molar-refractivity contribution in [3.8, 4) is 5.75 Å². The highest BCUT2D eigenvalue weighted by molar-refractivity contribution is 5.85. The fraction of sp³-hybridized carbons (Fsp3) is 0.500. The summed E-state index contributed by atoms with van der Waals surface area (Å²) in [6.07, 6.45) is 2.85. The molecule has 1 aromatic carbocycles. The number of benzene rings is 1. The van der Waals surface area contributed by atoms with Gasteiger partial charge in [0.15, 0.2) is 0 Å². The number of carbonyl (C=O) groups excluding carboxylic acids is 1. The van der Waals surface area contributed by atoms with E-state index >= 15 is 0 Å². The van der Waals surface area contributed by atoms with E-state index in [1.54, 1.807) is 7.11 Å². The topological polar surface area (TPSA) is 50.4 Å². The second-order valence-corrected chi connectivity index (χ2v) is 4.63. The number of hydrogen-bond acceptors (Lipinski definition) is 3. The summed E-state index contributed by atoms with van der Waals surface area (Å²) in [5.74, 6) is 0.927. The highest BCUT2D eigenvalue weighted by Gasteiger charge is 2.17. The second kappa shape index (κ2) is 8.02. The second-order valence-electron chi connectivity index (χ2n) is 4.63. The summed E-state index contributed by atoms with van der Waals surface area (Å²) in [5.41, 5.74) is 1.06. The molecule has 0 radical (unpaired) electrons. The standard InChI is InChI=1S/C14H20N2O2.ClH/c1-18-13-6-2-4-11(8-13)10-16-14(17)9-12-5-3-7-15-12;/h2,4,6,8,12,15H,3,5,7,9-10H2,1H3,(H,16,17);1H. The van der Waals surface area contributed by atoms with Crippen LogP contribution >= 0.6 is 12.4 Å². The lowest BCUT2D eigenvalue weighted by Crippen LogP contribution is -2.31. The van der Waals surface area contributed by atoms with Crippen LogP contribution in [0.15, 0.2) is 24.3 Å². The number of ether oxygens (including phenoxy) is 1. The Bertz CT molecular complexity index is 406. The summed E-state index contributed by atoms with van der Waals surface area (Å²) in [4.78, 5) is 11.7. The third-order valence-corrected chi connectivity index (χ3v) is 3.22. The maximum Gasteiger partial charge on any atom is 0.221 e. The number of halogens is 1. The Morgan fingerprint density at radius 1 is 1.53 bits per heavy atom. The Balaban J connectivity index is 0.00000180. The van der Waals surface area contributed by atoms with Gasteiger partial charge >= 0.3 is 0 Å². The van der Waals surface area contributed by atoms with Crippen molar-refractivity contribution in [2.24, 2.45) is 0 Å². The van der Waals surface area contributed by atoms with Gasteiger partial charge in [-0.3, -0.25) is 4.79 Å². The molecule has 0 saturated carbocycles.